The zero-order valence-corrected chi connectivity index (χ0v) is 21.0. The third-order valence-electron chi connectivity index (χ3n) is 7.55. The molecular formula is C28H39N5O. The van der Waals surface area contributed by atoms with Gasteiger partial charge in [-0.25, -0.2) is 9.97 Å². The lowest BCUT2D eigenvalue weighted by molar-refractivity contribution is 0.0276. The summed E-state index contributed by atoms with van der Waals surface area (Å²) >= 11 is 0. The monoisotopic (exact) mass is 461 g/mol. The number of rotatable bonds is 7. The van der Waals surface area contributed by atoms with Crippen LogP contribution in [0.15, 0.2) is 30.3 Å². The van der Waals surface area contributed by atoms with Crippen molar-refractivity contribution in [3.63, 3.8) is 0 Å². The first kappa shape index (κ1) is 23.3. The number of benzene rings is 1. The quantitative estimate of drug-likeness (QED) is 0.539. The van der Waals surface area contributed by atoms with Crippen LogP contribution in [0.5, 0.6) is 0 Å². The summed E-state index contributed by atoms with van der Waals surface area (Å²) in [7, 11) is 0. The van der Waals surface area contributed by atoms with Crippen molar-refractivity contribution in [2.24, 2.45) is 5.92 Å². The Labute approximate surface area is 203 Å². The Morgan fingerprint density at radius 3 is 2.44 bits per heavy atom. The van der Waals surface area contributed by atoms with Crippen molar-refractivity contribution < 1.29 is 4.74 Å². The minimum atomic E-state index is 0.589. The normalized spacial score (nSPS) is 21.7. The van der Waals surface area contributed by atoms with Crippen molar-refractivity contribution in [1.29, 1.82) is 0 Å². The van der Waals surface area contributed by atoms with Gasteiger partial charge in [0.15, 0.2) is 5.65 Å². The molecule has 0 radical (unpaired) electrons. The molecule has 0 amide bonds. The first-order valence-electron chi connectivity index (χ1n) is 13.1. The van der Waals surface area contributed by atoms with Crippen LogP contribution in [0.4, 0.5) is 5.69 Å². The number of nitrogens with zero attached hydrogens (tertiary/aromatic N) is 4. The Kier molecular flexibility index (Phi) is 7.16. The average Bonchev–Trinajstić information content (AvgIpc) is 3.20. The Bertz CT molecular complexity index is 1090. The third-order valence-corrected chi connectivity index (χ3v) is 7.55. The fraction of sp³-hybridized carbons (Fsp3) is 0.571. The smallest absolute Gasteiger partial charge is 0.160 e. The van der Waals surface area contributed by atoms with E-state index in [0.717, 1.165) is 67.9 Å². The molecule has 1 aromatic carbocycles. The molecule has 0 unspecified atom stereocenters. The summed E-state index contributed by atoms with van der Waals surface area (Å²) in [5.41, 5.74) is 6.81. The number of hydrogen-bond donors (Lipinski definition) is 1. The molecule has 1 saturated carbocycles. The highest BCUT2D eigenvalue weighted by Crippen LogP contribution is 2.28. The molecule has 6 nitrogen and oxygen atoms in total. The van der Waals surface area contributed by atoms with Gasteiger partial charge in [0, 0.05) is 43.5 Å². The summed E-state index contributed by atoms with van der Waals surface area (Å²) in [6, 6.07) is 11.7. The molecule has 2 aromatic heterocycles. The molecule has 3 heterocycles. The van der Waals surface area contributed by atoms with Crippen LogP contribution in [0.2, 0.25) is 0 Å². The van der Waals surface area contributed by atoms with Crippen LogP contribution in [0.3, 0.4) is 0 Å². The van der Waals surface area contributed by atoms with Crippen molar-refractivity contribution in [2.45, 2.75) is 65.5 Å². The van der Waals surface area contributed by atoms with E-state index in [1.165, 1.54) is 49.0 Å². The highest BCUT2D eigenvalue weighted by molar-refractivity contribution is 5.76. The van der Waals surface area contributed by atoms with Crippen LogP contribution < -0.4 is 5.32 Å². The van der Waals surface area contributed by atoms with Gasteiger partial charge < -0.3 is 14.6 Å². The van der Waals surface area contributed by atoms with Gasteiger partial charge in [0.2, 0.25) is 0 Å². The van der Waals surface area contributed by atoms with Gasteiger partial charge in [-0.1, -0.05) is 19.1 Å². The maximum Gasteiger partial charge on any atom is 0.160 e. The number of fused-ring (bicyclic) bond motifs is 1. The molecule has 34 heavy (non-hydrogen) atoms. The number of anilines is 1. The highest BCUT2D eigenvalue weighted by atomic mass is 16.5. The second-order valence-electron chi connectivity index (χ2n) is 10.2. The van der Waals surface area contributed by atoms with Gasteiger partial charge in [-0.15, -0.1) is 0 Å². The summed E-state index contributed by atoms with van der Waals surface area (Å²) in [6.07, 6.45) is 6.09. The molecule has 1 N–H and O–H groups in total. The first-order chi connectivity index (χ1) is 16.6. The summed E-state index contributed by atoms with van der Waals surface area (Å²) in [5.74, 6) is 1.95. The summed E-state index contributed by atoms with van der Waals surface area (Å²) in [6.45, 7) is 12.4. The lowest BCUT2D eigenvalue weighted by Crippen LogP contribution is -2.40. The molecule has 0 spiro atoms. The van der Waals surface area contributed by atoms with Crippen LogP contribution in [0, 0.1) is 19.8 Å². The number of morpholine rings is 1. The topological polar surface area (TPSA) is 55.2 Å². The van der Waals surface area contributed by atoms with E-state index >= 15 is 0 Å². The number of aryl methyl sites for hydroxylation is 3. The van der Waals surface area contributed by atoms with Gasteiger partial charge >= 0.3 is 0 Å². The summed E-state index contributed by atoms with van der Waals surface area (Å²) in [4.78, 5) is 12.3. The number of imidazole rings is 1. The number of pyridine rings is 1. The van der Waals surface area contributed by atoms with Crippen LogP contribution in [0.1, 0.15) is 55.3 Å². The van der Waals surface area contributed by atoms with E-state index in [0.29, 0.717) is 6.04 Å². The Hall–Kier alpha value is -2.44. The van der Waals surface area contributed by atoms with Crippen molar-refractivity contribution in [1.82, 2.24) is 19.4 Å². The zero-order chi connectivity index (χ0) is 23.5. The molecule has 2 aliphatic rings. The van der Waals surface area contributed by atoms with E-state index < -0.39 is 0 Å². The van der Waals surface area contributed by atoms with Crippen LogP contribution >= 0.6 is 0 Å². The van der Waals surface area contributed by atoms with Gasteiger partial charge in [-0.3, -0.25) is 4.90 Å². The van der Waals surface area contributed by atoms with Crippen molar-refractivity contribution in [3.05, 3.63) is 53.0 Å². The summed E-state index contributed by atoms with van der Waals surface area (Å²) in [5, 5.41) is 3.79. The molecule has 2 fully saturated rings. The molecule has 1 aliphatic carbocycles. The second kappa shape index (κ2) is 10.4. The first-order valence-corrected chi connectivity index (χ1v) is 13.1. The largest absolute Gasteiger partial charge is 0.382 e. The van der Waals surface area contributed by atoms with E-state index in [1.807, 2.05) is 0 Å². The van der Waals surface area contributed by atoms with Gasteiger partial charge in [-0.2, -0.15) is 0 Å². The minimum Gasteiger partial charge on any atom is -0.382 e. The fourth-order valence-corrected chi connectivity index (χ4v) is 5.65. The van der Waals surface area contributed by atoms with E-state index in [-0.39, 0.29) is 0 Å². The third kappa shape index (κ3) is 5.28. The number of nitrogens with one attached hydrogen (secondary N) is 1. The van der Waals surface area contributed by atoms with E-state index in [4.69, 9.17) is 14.7 Å². The Morgan fingerprint density at radius 1 is 1.00 bits per heavy atom. The van der Waals surface area contributed by atoms with Gasteiger partial charge in [0.1, 0.15) is 11.3 Å². The van der Waals surface area contributed by atoms with Crippen LogP contribution in [0.25, 0.3) is 11.2 Å². The molecule has 6 heteroatoms. The SMILES string of the molecule is CCc1nc2c(C)cc(C)nc2n1Cc1ccc(N[C@H]2CC[C@@H](CN3CCOCC3)CC2)cc1. The lowest BCUT2D eigenvalue weighted by atomic mass is 9.85. The van der Waals surface area contributed by atoms with Gasteiger partial charge in [0.05, 0.1) is 19.8 Å². The van der Waals surface area contributed by atoms with E-state index in [9.17, 15) is 0 Å². The minimum absolute atomic E-state index is 0.589. The molecular weight excluding hydrogens is 422 g/mol. The molecule has 1 aliphatic heterocycles. The summed E-state index contributed by atoms with van der Waals surface area (Å²) < 4.78 is 7.78. The van der Waals surface area contributed by atoms with Crippen molar-refractivity contribution in [2.75, 3.05) is 38.2 Å². The maximum atomic E-state index is 5.49. The zero-order valence-electron chi connectivity index (χ0n) is 21.0. The number of ether oxygens (including phenoxy) is 1. The Morgan fingerprint density at radius 2 is 1.74 bits per heavy atom. The van der Waals surface area contributed by atoms with Gasteiger partial charge in [-0.05, 0) is 74.8 Å². The van der Waals surface area contributed by atoms with Gasteiger partial charge in [0.25, 0.3) is 0 Å². The van der Waals surface area contributed by atoms with Crippen molar-refractivity contribution >= 4 is 16.9 Å². The highest BCUT2D eigenvalue weighted by Gasteiger charge is 2.23. The molecule has 1 saturated heterocycles. The number of hydrogen-bond acceptors (Lipinski definition) is 5. The average molecular weight is 462 g/mol. The molecule has 0 atom stereocenters. The Balaban J connectivity index is 1.18. The van der Waals surface area contributed by atoms with E-state index in [1.54, 1.807) is 0 Å². The molecule has 0 bridgehead atoms. The van der Waals surface area contributed by atoms with Crippen LogP contribution in [-0.2, 0) is 17.7 Å². The van der Waals surface area contributed by atoms with Crippen molar-refractivity contribution in [3.8, 4) is 0 Å². The maximum absolute atomic E-state index is 5.49. The second-order valence-corrected chi connectivity index (χ2v) is 10.2. The predicted molar refractivity (Wildman–Crippen MR) is 139 cm³/mol. The molecule has 182 valence electrons. The number of aromatic nitrogens is 3. The molecule has 3 aromatic rings. The lowest BCUT2D eigenvalue weighted by Gasteiger charge is -2.34. The van der Waals surface area contributed by atoms with E-state index in [2.05, 4.69) is 65.9 Å². The van der Waals surface area contributed by atoms with Crippen LogP contribution in [-0.4, -0.2) is 58.3 Å². The fourth-order valence-electron chi connectivity index (χ4n) is 5.65. The predicted octanol–water partition coefficient (Wildman–Crippen LogP) is 4.96. The standard InChI is InChI=1S/C28H39N5O/c1-4-26-31-27-20(2)17-21(3)29-28(27)33(26)19-23-7-11-25(12-8-23)30-24-9-5-22(6-10-24)18-32-13-15-34-16-14-32/h7-8,11-12,17,22,24,30H,4-6,9-10,13-16,18-19H2,1-3H3/t22-,24+. The molecule has 5 rings (SSSR count).